The second kappa shape index (κ2) is 4.26. The molecule has 1 rings (SSSR count). The van der Waals surface area contributed by atoms with Crippen LogP contribution in [0.5, 0.6) is 0 Å². The first-order chi connectivity index (χ1) is 6.09. The van der Waals surface area contributed by atoms with Gasteiger partial charge in [0, 0.05) is 19.8 Å². The molecule has 0 spiro atoms. The van der Waals surface area contributed by atoms with E-state index in [4.69, 9.17) is 0 Å². The fraction of sp³-hybridized carbons (Fsp3) is 0.545. The summed E-state index contributed by atoms with van der Waals surface area (Å²) in [6.07, 6.45) is 1.91. The molecule has 0 saturated carbocycles. The van der Waals surface area contributed by atoms with Gasteiger partial charge in [0.2, 0.25) is 0 Å². The fourth-order valence-corrected chi connectivity index (χ4v) is 1.33. The normalized spacial score (nSPS) is 10.5. The smallest absolute Gasteiger partial charge is 0.128 e. The molecule has 0 atom stereocenters. The Morgan fingerprint density at radius 1 is 1.38 bits per heavy atom. The highest BCUT2D eigenvalue weighted by Gasteiger charge is 2.03. The number of nitrogens with zero attached hydrogens (tertiary/aromatic N) is 2. The highest BCUT2D eigenvalue weighted by molar-refractivity contribution is 5.37. The number of aromatic nitrogens is 1. The summed E-state index contributed by atoms with van der Waals surface area (Å²) in [4.78, 5) is 6.54. The van der Waals surface area contributed by atoms with Crippen LogP contribution in [-0.2, 0) is 0 Å². The van der Waals surface area contributed by atoms with Crippen molar-refractivity contribution in [1.82, 2.24) is 4.98 Å². The molecule has 2 nitrogen and oxygen atoms in total. The van der Waals surface area contributed by atoms with Crippen molar-refractivity contribution in [2.24, 2.45) is 5.92 Å². The van der Waals surface area contributed by atoms with E-state index in [9.17, 15) is 0 Å². The lowest BCUT2D eigenvalue weighted by Gasteiger charge is -2.20. The van der Waals surface area contributed by atoms with Gasteiger partial charge in [-0.3, -0.25) is 0 Å². The summed E-state index contributed by atoms with van der Waals surface area (Å²) >= 11 is 0. The number of rotatable bonds is 3. The van der Waals surface area contributed by atoms with Crippen molar-refractivity contribution in [3.05, 3.63) is 23.9 Å². The number of anilines is 1. The van der Waals surface area contributed by atoms with E-state index in [2.05, 4.69) is 49.8 Å². The minimum Gasteiger partial charge on any atom is -0.359 e. The van der Waals surface area contributed by atoms with E-state index in [1.165, 1.54) is 5.56 Å². The Bertz CT molecular complexity index is 251. The molecule has 0 bridgehead atoms. The minimum atomic E-state index is 0.674. The van der Waals surface area contributed by atoms with Gasteiger partial charge in [-0.2, -0.15) is 0 Å². The van der Waals surface area contributed by atoms with E-state index in [1.54, 1.807) is 0 Å². The molecule has 2 heteroatoms. The fourth-order valence-electron chi connectivity index (χ4n) is 1.33. The van der Waals surface area contributed by atoms with Crippen molar-refractivity contribution in [3.63, 3.8) is 0 Å². The molecular formula is C11H18N2. The van der Waals surface area contributed by atoms with E-state index in [0.717, 1.165) is 12.4 Å². The van der Waals surface area contributed by atoms with Crippen LogP contribution in [-0.4, -0.2) is 18.6 Å². The Labute approximate surface area is 80.6 Å². The number of aryl methyl sites for hydroxylation is 1. The van der Waals surface area contributed by atoms with E-state index in [-0.39, 0.29) is 0 Å². The van der Waals surface area contributed by atoms with Crippen LogP contribution >= 0.6 is 0 Å². The molecule has 0 radical (unpaired) electrons. The predicted molar refractivity (Wildman–Crippen MR) is 57.1 cm³/mol. The first-order valence-corrected chi connectivity index (χ1v) is 4.73. The Kier molecular flexibility index (Phi) is 3.29. The Morgan fingerprint density at radius 3 is 2.54 bits per heavy atom. The second-order valence-electron chi connectivity index (χ2n) is 3.97. The molecule has 0 fully saturated rings. The summed E-state index contributed by atoms with van der Waals surface area (Å²) in [7, 11) is 2.08. The molecule has 0 aromatic carbocycles. The molecular weight excluding hydrogens is 160 g/mol. The Morgan fingerprint density at radius 2 is 2.08 bits per heavy atom. The average Bonchev–Trinajstić information content (AvgIpc) is 2.04. The first kappa shape index (κ1) is 10.0. The van der Waals surface area contributed by atoms with Crippen LogP contribution in [0.15, 0.2) is 18.3 Å². The van der Waals surface area contributed by atoms with E-state index >= 15 is 0 Å². The molecule has 72 valence electrons. The van der Waals surface area contributed by atoms with Crippen LogP contribution in [0.1, 0.15) is 19.4 Å². The summed E-state index contributed by atoms with van der Waals surface area (Å²) < 4.78 is 0. The molecule has 1 aromatic heterocycles. The van der Waals surface area contributed by atoms with Crippen LogP contribution < -0.4 is 4.90 Å². The molecule has 0 aliphatic heterocycles. The van der Waals surface area contributed by atoms with Gasteiger partial charge in [0.15, 0.2) is 0 Å². The van der Waals surface area contributed by atoms with Crippen LogP contribution in [0.3, 0.4) is 0 Å². The molecule has 13 heavy (non-hydrogen) atoms. The first-order valence-electron chi connectivity index (χ1n) is 4.73. The molecule has 1 aromatic rings. The highest BCUT2D eigenvalue weighted by atomic mass is 15.2. The quantitative estimate of drug-likeness (QED) is 0.707. The van der Waals surface area contributed by atoms with Gasteiger partial charge in [0.1, 0.15) is 5.82 Å². The molecule has 0 aliphatic rings. The largest absolute Gasteiger partial charge is 0.359 e. The van der Waals surface area contributed by atoms with Gasteiger partial charge in [0.25, 0.3) is 0 Å². The van der Waals surface area contributed by atoms with E-state index in [0.29, 0.717) is 5.92 Å². The van der Waals surface area contributed by atoms with Gasteiger partial charge in [-0.1, -0.05) is 19.9 Å². The minimum absolute atomic E-state index is 0.674. The van der Waals surface area contributed by atoms with E-state index in [1.807, 2.05) is 6.20 Å². The maximum absolute atomic E-state index is 4.36. The monoisotopic (exact) mass is 178 g/mol. The van der Waals surface area contributed by atoms with Crippen molar-refractivity contribution >= 4 is 5.82 Å². The lowest BCUT2D eigenvalue weighted by molar-refractivity contribution is 0.634. The summed E-state index contributed by atoms with van der Waals surface area (Å²) in [5.41, 5.74) is 1.21. The molecule has 0 N–H and O–H groups in total. The maximum atomic E-state index is 4.36. The number of pyridine rings is 1. The second-order valence-corrected chi connectivity index (χ2v) is 3.97. The lowest BCUT2D eigenvalue weighted by Crippen LogP contribution is -2.23. The molecule has 0 unspecified atom stereocenters. The predicted octanol–water partition coefficient (Wildman–Crippen LogP) is 2.48. The zero-order valence-corrected chi connectivity index (χ0v) is 8.91. The van der Waals surface area contributed by atoms with Crippen LogP contribution in [0.25, 0.3) is 0 Å². The highest BCUT2D eigenvalue weighted by Crippen LogP contribution is 2.10. The third-order valence-corrected chi connectivity index (χ3v) is 1.93. The van der Waals surface area contributed by atoms with Gasteiger partial charge in [-0.15, -0.1) is 0 Å². The summed E-state index contributed by atoms with van der Waals surface area (Å²) in [5, 5.41) is 0. The lowest BCUT2D eigenvalue weighted by atomic mass is 10.2. The maximum Gasteiger partial charge on any atom is 0.128 e. The summed E-state index contributed by atoms with van der Waals surface area (Å²) in [5.74, 6) is 1.73. The summed E-state index contributed by atoms with van der Waals surface area (Å²) in [6.45, 7) is 7.53. The van der Waals surface area contributed by atoms with Crippen molar-refractivity contribution < 1.29 is 0 Å². The standard InChI is InChI=1S/C11H18N2/c1-9(2)8-13(4)11-6-5-10(3)7-12-11/h5-7,9H,8H2,1-4H3. The van der Waals surface area contributed by atoms with Gasteiger partial charge < -0.3 is 4.90 Å². The third-order valence-electron chi connectivity index (χ3n) is 1.93. The zero-order chi connectivity index (χ0) is 9.84. The Hall–Kier alpha value is -1.05. The number of hydrogen-bond acceptors (Lipinski definition) is 2. The Balaban J connectivity index is 2.66. The molecule has 0 amide bonds. The van der Waals surface area contributed by atoms with Crippen LogP contribution in [0, 0.1) is 12.8 Å². The zero-order valence-electron chi connectivity index (χ0n) is 8.91. The topological polar surface area (TPSA) is 16.1 Å². The van der Waals surface area contributed by atoms with Gasteiger partial charge >= 0.3 is 0 Å². The molecule has 0 saturated heterocycles. The van der Waals surface area contributed by atoms with Crippen molar-refractivity contribution in [2.75, 3.05) is 18.5 Å². The molecule has 0 aliphatic carbocycles. The average molecular weight is 178 g/mol. The van der Waals surface area contributed by atoms with Gasteiger partial charge in [-0.25, -0.2) is 4.98 Å². The van der Waals surface area contributed by atoms with E-state index < -0.39 is 0 Å². The number of hydrogen-bond donors (Lipinski definition) is 0. The third kappa shape index (κ3) is 3.05. The van der Waals surface area contributed by atoms with Gasteiger partial charge in [0.05, 0.1) is 0 Å². The van der Waals surface area contributed by atoms with Crippen molar-refractivity contribution in [1.29, 1.82) is 0 Å². The van der Waals surface area contributed by atoms with Crippen LogP contribution in [0.4, 0.5) is 5.82 Å². The van der Waals surface area contributed by atoms with Crippen LogP contribution in [0.2, 0.25) is 0 Å². The SMILES string of the molecule is Cc1ccc(N(C)CC(C)C)nc1. The van der Waals surface area contributed by atoms with Crippen molar-refractivity contribution in [3.8, 4) is 0 Å². The van der Waals surface area contributed by atoms with Crippen molar-refractivity contribution in [2.45, 2.75) is 20.8 Å². The van der Waals surface area contributed by atoms with Gasteiger partial charge in [-0.05, 0) is 24.5 Å². The molecule has 1 heterocycles. The summed E-state index contributed by atoms with van der Waals surface area (Å²) in [6, 6.07) is 4.16.